The van der Waals surface area contributed by atoms with Gasteiger partial charge in [0.25, 0.3) is 0 Å². The van der Waals surface area contributed by atoms with Crippen molar-refractivity contribution >= 4 is 30.6 Å². The zero-order valence-corrected chi connectivity index (χ0v) is 17.3. The van der Waals surface area contributed by atoms with Crippen molar-refractivity contribution in [3.8, 4) is 6.07 Å². The molecular formula is C22H23BN6O. The first-order valence-corrected chi connectivity index (χ1v) is 9.89. The number of rotatable bonds is 4. The molecule has 1 aliphatic heterocycles. The van der Waals surface area contributed by atoms with Crippen molar-refractivity contribution in [1.82, 2.24) is 15.0 Å². The molecule has 3 heterocycles. The quantitative estimate of drug-likeness (QED) is 0.644. The lowest BCUT2D eigenvalue weighted by molar-refractivity contribution is 0.0782. The van der Waals surface area contributed by atoms with Crippen LogP contribution in [0.3, 0.4) is 0 Å². The lowest BCUT2D eigenvalue weighted by Crippen LogP contribution is -2.32. The lowest BCUT2D eigenvalue weighted by atomic mass is 9.90. The maximum absolute atomic E-state index is 10.1. The van der Waals surface area contributed by atoms with Crippen LogP contribution < -0.4 is 15.7 Å². The van der Waals surface area contributed by atoms with Crippen molar-refractivity contribution in [1.29, 1.82) is 5.26 Å². The van der Waals surface area contributed by atoms with Crippen molar-refractivity contribution < 1.29 is 5.11 Å². The highest BCUT2D eigenvalue weighted by atomic mass is 16.3. The topological polar surface area (TPSA) is 98.0 Å². The summed E-state index contributed by atoms with van der Waals surface area (Å²) in [7, 11) is 1.96. The molecule has 2 aromatic heterocycles. The van der Waals surface area contributed by atoms with Crippen molar-refractivity contribution in [3.05, 3.63) is 65.2 Å². The molecule has 150 valence electrons. The second kappa shape index (κ2) is 7.77. The molecule has 3 aromatic rings. The van der Waals surface area contributed by atoms with E-state index in [2.05, 4.69) is 37.3 Å². The van der Waals surface area contributed by atoms with Gasteiger partial charge in [-0.2, -0.15) is 5.26 Å². The van der Waals surface area contributed by atoms with E-state index in [1.165, 1.54) is 0 Å². The van der Waals surface area contributed by atoms with Crippen LogP contribution in [-0.2, 0) is 18.6 Å². The van der Waals surface area contributed by atoms with Crippen LogP contribution in [0.25, 0.3) is 0 Å². The minimum Gasteiger partial charge on any atom is -0.386 e. The molecule has 7 nitrogen and oxygen atoms in total. The SMILES string of the molecule is Bc1cc(N2CCc3c(ncnc3Nc3ccc(C(C)(C)O)cn3)C2)ccc1C#N. The second-order valence-electron chi connectivity index (χ2n) is 8.05. The van der Waals surface area contributed by atoms with Crippen molar-refractivity contribution in [2.24, 2.45) is 0 Å². The Morgan fingerprint density at radius 2 is 2.03 bits per heavy atom. The van der Waals surface area contributed by atoms with E-state index in [0.717, 1.165) is 46.8 Å². The Bertz CT molecular complexity index is 1120. The lowest BCUT2D eigenvalue weighted by Gasteiger charge is -2.31. The number of nitrogens with one attached hydrogen (secondary N) is 1. The molecular weight excluding hydrogens is 375 g/mol. The predicted molar refractivity (Wildman–Crippen MR) is 119 cm³/mol. The first kappa shape index (κ1) is 19.9. The Hall–Kier alpha value is -3.44. The molecule has 0 spiro atoms. The van der Waals surface area contributed by atoms with Crippen LogP contribution in [0.2, 0.25) is 0 Å². The molecule has 2 N–H and O–H groups in total. The highest BCUT2D eigenvalue weighted by molar-refractivity contribution is 6.34. The third-order valence-corrected chi connectivity index (χ3v) is 5.42. The van der Waals surface area contributed by atoms with E-state index in [1.54, 1.807) is 26.4 Å². The largest absolute Gasteiger partial charge is 0.386 e. The van der Waals surface area contributed by atoms with Gasteiger partial charge in [0.05, 0.1) is 23.9 Å². The highest BCUT2D eigenvalue weighted by Crippen LogP contribution is 2.28. The molecule has 0 aliphatic carbocycles. The number of nitriles is 1. The summed E-state index contributed by atoms with van der Waals surface area (Å²) < 4.78 is 0. The van der Waals surface area contributed by atoms with Gasteiger partial charge in [-0.25, -0.2) is 15.0 Å². The summed E-state index contributed by atoms with van der Waals surface area (Å²) in [4.78, 5) is 15.6. The number of hydrogen-bond donors (Lipinski definition) is 2. The number of pyridine rings is 1. The smallest absolute Gasteiger partial charge is 0.141 e. The van der Waals surface area contributed by atoms with E-state index in [-0.39, 0.29) is 0 Å². The third kappa shape index (κ3) is 3.98. The summed E-state index contributed by atoms with van der Waals surface area (Å²) in [6, 6.07) is 11.8. The molecule has 0 atom stereocenters. The summed E-state index contributed by atoms with van der Waals surface area (Å²) in [6.45, 7) is 4.99. The molecule has 4 rings (SSSR count). The van der Waals surface area contributed by atoms with Gasteiger partial charge in [-0.3, -0.25) is 0 Å². The van der Waals surface area contributed by atoms with Crippen molar-refractivity contribution in [2.75, 3.05) is 16.8 Å². The number of hydrogen-bond acceptors (Lipinski definition) is 7. The summed E-state index contributed by atoms with van der Waals surface area (Å²) in [5.41, 5.74) is 4.67. The number of benzene rings is 1. The highest BCUT2D eigenvalue weighted by Gasteiger charge is 2.22. The van der Waals surface area contributed by atoms with E-state index in [0.29, 0.717) is 17.9 Å². The minimum absolute atomic E-state index is 0.675. The third-order valence-electron chi connectivity index (χ3n) is 5.42. The van der Waals surface area contributed by atoms with Gasteiger partial charge in [-0.15, -0.1) is 0 Å². The van der Waals surface area contributed by atoms with E-state index in [9.17, 15) is 5.11 Å². The monoisotopic (exact) mass is 398 g/mol. The maximum atomic E-state index is 10.1. The van der Waals surface area contributed by atoms with Gasteiger partial charge < -0.3 is 15.3 Å². The fourth-order valence-corrected chi connectivity index (χ4v) is 3.60. The fraction of sp³-hybridized carbons (Fsp3) is 0.273. The molecule has 1 aliphatic rings. The van der Waals surface area contributed by atoms with Gasteiger partial charge in [0.2, 0.25) is 0 Å². The van der Waals surface area contributed by atoms with Gasteiger partial charge in [0.15, 0.2) is 0 Å². The van der Waals surface area contributed by atoms with Crippen LogP contribution in [-0.4, -0.2) is 34.4 Å². The van der Waals surface area contributed by atoms with Crippen molar-refractivity contribution in [2.45, 2.75) is 32.4 Å². The number of anilines is 3. The average molecular weight is 398 g/mol. The molecule has 1 aromatic carbocycles. The van der Waals surface area contributed by atoms with Gasteiger partial charge in [0.1, 0.15) is 25.8 Å². The number of aromatic nitrogens is 3. The van der Waals surface area contributed by atoms with Crippen LogP contribution in [0.4, 0.5) is 17.3 Å². The van der Waals surface area contributed by atoms with Gasteiger partial charge >= 0.3 is 0 Å². The normalized spacial score (nSPS) is 13.5. The van der Waals surface area contributed by atoms with Crippen molar-refractivity contribution in [3.63, 3.8) is 0 Å². The summed E-state index contributed by atoms with van der Waals surface area (Å²) in [5.74, 6) is 1.44. The molecule has 0 unspecified atom stereocenters. The molecule has 0 fully saturated rings. The summed E-state index contributed by atoms with van der Waals surface area (Å²) in [5, 5.41) is 22.5. The fourth-order valence-electron chi connectivity index (χ4n) is 3.60. The maximum Gasteiger partial charge on any atom is 0.141 e. The molecule has 0 saturated heterocycles. The molecule has 30 heavy (non-hydrogen) atoms. The van der Waals surface area contributed by atoms with E-state index < -0.39 is 5.60 Å². The molecule has 0 bridgehead atoms. The summed E-state index contributed by atoms with van der Waals surface area (Å²) in [6.07, 6.45) is 4.05. The number of aliphatic hydroxyl groups is 1. The number of nitrogens with zero attached hydrogens (tertiary/aromatic N) is 5. The Labute approximate surface area is 176 Å². The Morgan fingerprint density at radius 1 is 1.20 bits per heavy atom. The standard InChI is InChI=1S/C22H23BN6O/c1-22(2,30)15-4-6-20(25-11-15)28-21-17-7-8-29(12-19(17)26-13-27-21)16-5-3-14(10-24)18(23)9-16/h3-6,9,11,13,30H,7-8,12,23H2,1-2H3,(H,25,26,27,28). The summed E-state index contributed by atoms with van der Waals surface area (Å²) >= 11 is 0. The van der Waals surface area contributed by atoms with E-state index in [1.807, 2.05) is 32.1 Å². The second-order valence-corrected chi connectivity index (χ2v) is 8.05. The van der Waals surface area contributed by atoms with E-state index in [4.69, 9.17) is 5.26 Å². The van der Waals surface area contributed by atoms with Crippen LogP contribution in [0.5, 0.6) is 0 Å². The zero-order valence-electron chi connectivity index (χ0n) is 17.3. The minimum atomic E-state index is -0.924. The van der Waals surface area contributed by atoms with E-state index >= 15 is 0 Å². The van der Waals surface area contributed by atoms with Crippen LogP contribution in [0.15, 0.2) is 42.9 Å². The first-order valence-electron chi connectivity index (χ1n) is 9.89. The molecule has 8 heteroatoms. The van der Waals surface area contributed by atoms with Crippen LogP contribution in [0, 0.1) is 11.3 Å². The average Bonchev–Trinajstić information content (AvgIpc) is 2.73. The Balaban J connectivity index is 1.54. The van der Waals surface area contributed by atoms with Gasteiger partial charge in [0, 0.05) is 35.1 Å². The molecule has 0 amide bonds. The molecule has 0 radical (unpaired) electrons. The zero-order chi connectivity index (χ0) is 21.3. The Morgan fingerprint density at radius 3 is 2.70 bits per heavy atom. The van der Waals surface area contributed by atoms with Gasteiger partial charge in [-0.1, -0.05) is 11.5 Å². The predicted octanol–water partition coefficient (Wildman–Crippen LogP) is 1.54. The van der Waals surface area contributed by atoms with Gasteiger partial charge in [-0.05, 0) is 44.5 Å². The van der Waals surface area contributed by atoms with Crippen LogP contribution >= 0.6 is 0 Å². The Kier molecular flexibility index (Phi) is 5.14. The van der Waals surface area contributed by atoms with Crippen LogP contribution in [0.1, 0.15) is 36.2 Å². The first-order chi connectivity index (χ1) is 14.3. The molecule has 0 saturated carbocycles. The number of fused-ring (bicyclic) bond motifs is 1.